The molecule has 0 aromatic carbocycles. The van der Waals surface area contributed by atoms with E-state index in [-0.39, 0.29) is 29.6 Å². The smallest absolute Gasteiger partial charge is 0.287 e. The van der Waals surface area contributed by atoms with Gasteiger partial charge in [-0.05, 0) is 38.3 Å². The van der Waals surface area contributed by atoms with Crippen LogP contribution < -0.4 is 10.6 Å². The Balaban J connectivity index is 2.42. The van der Waals surface area contributed by atoms with Crippen LogP contribution in [0.15, 0.2) is 22.8 Å². The molecule has 0 aliphatic rings. The molecule has 0 spiro atoms. The van der Waals surface area contributed by atoms with Crippen molar-refractivity contribution in [3.63, 3.8) is 0 Å². The van der Waals surface area contributed by atoms with Crippen LogP contribution in [-0.4, -0.2) is 37.1 Å². The van der Waals surface area contributed by atoms with Crippen molar-refractivity contribution in [1.82, 2.24) is 10.6 Å². The summed E-state index contributed by atoms with van der Waals surface area (Å²) in [5, 5.41) is 5.53. The quantitative estimate of drug-likeness (QED) is 0.683. The largest absolute Gasteiger partial charge is 0.459 e. The zero-order chi connectivity index (χ0) is 16.5. The summed E-state index contributed by atoms with van der Waals surface area (Å²) >= 11 is 0. The molecule has 124 valence electrons. The molecule has 1 rings (SSSR count). The molecule has 1 unspecified atom stereocenters. The summed E-state index contributed by atoms with van der Waals surface area (Å²) in [6.45, 7) is 8.83. The Morgan fingerprint density at radius 2 is 2.00 bits per heavy atom. The normalized spacial score (nSPS) is 12.5. The van der Waals surface area contributed by atoms with Gasteiger partial charge in [0.05, 0.1) is 12.4 Å². The Morgan fingerprint density at radius 3 is 2.55 bits per heavy atom. The van der Waals surface area contributed by atoms with Crippen LogP contribution in [0.4, 0.5) is 0 Å². The number of hydrogen-bond acceptors (Lipinski definition) is 4. The van der Waals surface area contributed by atoms with Crippen LogP contribution in [-0.2, 0) is 9.53 Å². The lowest BCUT2D eigenvalue weighted by Gasteiger charge is -2.21. The van der Waals surface area contributed by atoms with E-state index in [2.05, 4.69) is 10.6 Å². The average Bonchev–Trinajstić information content (AvgIpc) is 2.97. The number of furan rings is 1. The van der Waals surface area contributed by atoms with Gasteiger partial charge < -0.3 is 19.8 Å². The van der Waals surface area contributed by atoms with Crippen molar-refractivity contribution in [2.45, 2.75) is 46.3 Å². The fourth-order valence-corrected chi connectivity index (χ4v) is 1.87. The minimum atomic E-state index is -0.594. The molecule has 6 heteroatoms. The van der Waals surface area contributed by atoms with Crippen LogP contribution >= 0.6 is 0 Å². The SMILES string of the molecule is CC(C)OCCCNC(=O)C(NC(=O)c1ccco1)C(C)C. The minimum Gasteiger partial charge on any atom is -0.459 e. The Hall–Kier alpha value is -1.82. The molecule has 0 fully saturated rings. The number of hydrogen-bond donors (Lipinski definition) is 2. The van der Waals surface area contributed by atoms with Gasteiger partial charge in [-0.3, -0.25) is 9.59 Å². The molecule has 0 bridgehead atoms. The minimum absolute atomic E-state index is 0.0224. The summed E-state index contributed by atoms with van der Waals surface area (Å²) in [4.78, 5) is 24.2. The van der Waals surface area contributed by atoms with Crippen molar-refractivity contribution >= 4 is 11.8 Å². The standard InChI is InChI=1S/C16H26N2O4/c1-11(2)14(18-15(19)13-7-5-9-22-13)16(20)17-8-6-10-21-12(3)4/h5,7,9,11-12,14H,6,8,10H2,1-4H3,(H,17,20)(H,18,19). The Morgan fingerprint density at radius 1 is 1.27 bits per heavy atom. The van der Waals surface area contributed by atoms with Gasteiger partial charge in [-0.2, -0.15) is 0 Å². The van der Waals surface area contributed by atoms with E-state index in [0.717, 1.165) is 6.42 Å². The summed E-state index contributed by atoms with van der Waals surface area (Å²) in [6.07, 6.45) is 2.35. The highest BCUT2D eigenvalue weighted by molar-refractivity contribution is 5.95. The van der Waals surface area contributed by atoms with E-state index in [9.17, 15) is 9.59 Å². The highest BCUT2D eigenvalue weighted by Gasteiger charge is 2.25. The summed E-state index contributed by atoms with van der Waals surface area (Å²) < 4.78 is 10.4. The first-order valence-corrected chi connectivity index (χ1v) is 7.65. The number of rotatable bonds is 9. The Kier molecular flexibility index (Phi) is 7.66. The van der Waals surface area contributed by atoms with Gasteiger partial charge in [-0.1, -0.05) is 13.8 Å². The summed E-state index contributed by atoms with van der Waals surface area (Å²) in [7, 11) is 0. The van der Waals surface area contributed by atoms with E-state index in [1.54, 1.807) is 12.1 Å². The maximum absolute atomic E-state index is 12.2. The molecule has 2 amide bonds. The molecule has 0 aliphatic heterocycles. The van der Waals surface area contributed by atoms with Gasteiger partial charge in [-0.15, -0.1) is 0 Å². The predicted octanol–water partition coefficient (Wildman–Crippen LogP) is 1.97. The molecule has 1 aromatic heterocycles. The monoisotopic (exact) mass is 310 g/mol. The van der Waals surface area contributed by atoms with Crippen LogP contribution in [0.2, 0.25) is 0 Å². The summed E-state index contributed by atoms with van der Waals surface area (Å²) in [6, 6.07) is 2.60. The van der Waals surface area contributed by atoms with Crippen molar-refractivity contribution in [1.29, 1.82) is 0 Å². The zero-order valence-electron chi connectivity index (χ0n) is 13.7. The van der Waals surface area contributed by atoms with Gasteiger partial charge >= 0.3 is 0 Å². The molecule has 0 radical (unpaired) electrons. The highest BCUT2D eigenvalue weighted by atomic mass is 16.5. The molecule has 1 atom stereocenters. The van der Waals surface area contributed by atoms with Gasteiger partial charge in [0.25, 0.3) is 5.91 Å². The van der Waals surface area contributed by atoms with Crippen molar-refractivity contribution in [2.75, 3.05) is 13.2 Å². The van der Waals surface area contributed by atoms with Crippen molar-refractivity contribution < 1.29 is 18.7 Å². The lowest BCUT2D eigenvalue weighted by molar-refractivity contribution is -0.124. The number of amides is 2. The summed E-state index contributed by atoms with van der Waals surface area (Å²) in [5.74, 6) is -0.406. The number of ether oxygens (including phenoxy) is 1. The van der Waals surface area contributed by atoms with Gasteiger partial charge in [0.15, 0.2) is 5.76 Å². The van der Waals surface area contributed by atoms with Gasteiger partial charge in [0.2, 0.25) is 5.91 Å². The lowest BCUT2D eigenvalue weighted by Crippen LogP contribution is -2.49. The molecule has 2 N–H and O–H groups in total. The number of carbonyl (C=O) groups excluding carboxylic acids is 2. The van der Waals surface area contributed by atoms with E-state index in [0.29, 0.717) is 13.2 Å². The third kappa shape index (κ3) is 6.30. The third-order valence-corrected chi connectivity index (χ3v) is 3.05. The Labute approximate surface area is 131 Å². The van der Waals surface area contributed by atoms with Crippen molar-refractivity contribution in [3.05, 3.63) is 24.2 Å². The van der Waals surface area contributed by atoms with Crippen LogP contribution in [0, 0.1) is 5.92 Å². The maximum atomic E-state index is 12.2. The lowest BCUT2D eigenvalue weighted by atomic mass is 10.0. The molecule has 6 nitrogen and oxygen atoms in total. The molecule has 1 heterocycles. The van der Waals surface area contributed by atoms with Crippen LogP contribution in [0.3, 0.4) is 0 Å². The van der Waals surface area contributed by atoms with Gasteiger partial charge in [0.1, 0.15) is 6.04 Å². The second-order valence-electron chi connectivity index (χ2n) is 5.74. The predicted molar refractivity (Wildman–Crippen MR) is 83.5 cm³/mol. The number of nitrogens with one attached hydrogen (secondary N) is 2. The van der Waals surface area contributed by atoms with Gasteiger partial charge in [0, 0.05) is 13.2 Å². The molecule has 0 saturated carbocycles. The zero-order valence-corrected chi connectivity index (χ0v) is 13.7. The fraction of sp³-hybridized carbons (Fsp3) is 0.625. The van der Waals surface area contributed by atoms with Crippen LogP contribution in [0.25, 0.3) is 0 Å². The molecule has 0 saturated heterocycles. The van der Waals surface area contributed by atoms with E-state index in [1.807, 2.05) is 27.7 Å². The first-order chi connectivity index (χ1) is 10.4. The molecule has 1 aromatic rings. The van der Waals surface area contributed by atoms with Crippen molar-refractivity contribution in [3.8, 4) is 0 Å². The average molecular weight is 310 g/mol. The van der Waals surface area contributed by atoms with E-state index in [4.69, 9.17) is 9.15 Å². The van der Waals surface area contributed by atoms with E-state index in [1.165, 1.54) is 6.26 Å². The Bertz CT molecular complexity index is 455. The van der Waals surface area contributed by atoms with Crippen LogP contribution in [0.1, 0.15) is 44.7 Å². The maximum Gasteiger partial charge on any atom is 0.287 e. The first kappa shape index (κ1) is 18.2. The highest BCUT2D eigenvalue weighted by Crippen LogP contribution is 2.06. The van der Waals surface area contributed by atoms with Crippen LogP contribution in [0.5, 0.6) is 0 Å². The van der Waals surface area contributed by atoms with Crippen molar-refractivity contribution in [2.24, 2.45) is 5.92 Å². The molecule has 0 aliphatic carbocycles. The molecular weight excluding hydrogens is 284 g/mol. The van der Waals surface area contributed by atoms with E-state index >= 15 is 0 Å². The first-order valence-electron chi connectivity index (χ1n) is 7.65. The second-order valence-corrected chi connectivity index (χ2v) is 5.74. The van der Waals surface area contributed by atoms with Gasteiger partial charge in [-0.25, -0.2) is 0 Å². The number of carbonyl (C=O) groups is 2. The second kappa shape index (κ2) is 9.25. The molecule has 22 heavy (non-hydrogen) atoms. The summed E-state index contributed by atoms with van der Waals surface area (Å²) in [5.41, 5.74) is 0. The fourth-order valence-electron chi connectivity index (χ4n) is 1.87. The molecular formula is C16H26N2O4. The third-order valence-electron chi connectivity index (χ3n) is 3.05. The van der Waals surface area contributed by atoms with E-state index < -0.39 is 6.04 Å². The topological polar surface area (TPSA) is 80.6 Å².